The monoisotopic (exact) mass is 248 g/mol. The van der Waals surface area contributed by atoms with Crippen LogP contribution >= 0.6 is 0 Å². The zero-order valence-electron chi connectivity index (χ0n) is 11.6. The Morgan fingerprint density at radius 1 is 1.22 bits per heavy atom. The Hall–Kier alpha value is -1.31. The van der Waals surface area contributed by atoms with Crippen molar-refractivity contribution >= 4 is 5.97 Å². The second kappa shape index (κ2) is 7.20. The van der Waals surface area contributed by atoms with Crippen molar-refractivity contribution in [2.45, 2.75) is 52.4 Å². The molecule has 2 unspecified atom stereocenters. The van der Waals surface area contributed by atoms with E-state index in [9.17, 15) is 4.79 Å². The van der Waals surface area contributed by atoms with Crippen LogP contribution in [-0.4, -0.2) is 11.1 Å². The quantitative estimate of drug-likeness (QED) is 0.783. The van der Waals surface area contributed by atoms with Crippen LogP contribution < -0.4 is 0 Å². The summed E-state index contributed by atoms with van der Waals surface area (Å²) in [5, 5.41) is 8.95. The van der Waals surface area contributed by atoms with Crippen LogP contribution in [0.1, 0.15) is 57.1 Å². The predicted octanol–water partition coefficient (Wildman–Crippen LogP) is 4.24. The zero-order chi connectivity index (χ0) is 13.5. The number of hydrogen-bond acceptors (Lipinski definition) is 1. The Kier molecular flexibility index (Phi) is 5.90. The first-order chi connectivity index (χ1) is 8.54. The highest BCUT2D eigenvalue weighted by molar-refractivity contribution is 5.75. The first-order valence-electron chi connectivity index (χ1n) is 6.86. The Morgan fingerprint density at radius 3 is 2.33 bits per heavy atom. The van der Waals surface area contributed by atoms with Gasteiger partial charge in [-0.3, -0.25) is 4.79 Å². The molecule has 0 aromatic heterocycles. The number of rotatable bonds is 7. The Balaban J connectivity index is 2.57. The maximum Gasteiger partial charge on any atom is 0.310 e. The zero-order valence-corrected chi connectivity index (χ0v) is 11.6. The second-order valence-electron chi connectivity index (χ2n) is 5.25. The third-order valence-electron chi connectivity index (χ3n) is 3.48. The maximum absolute atomic E-state index is 10.9. The molecular weight excluding hydrogens is 224 g/mol. The second-order valence-corrected chi connectivity index (χ2v) is 5.25. The van der Waals surface area contributed by atoms with E-state index in [2.05, 4.69) is 26.0 Å². The van der Waals surface area contributed by atoms with Crippen molar-refractivity contribution in [2.75, 3.05) is 0 Å². The summed E-state index contributed by atoms with van der Waals surface area (Å²) in [4.78, 5) is 10.9. The molecule has 0 aliphatic rings. The van der Waals surface area contributed by atoms with Gasteiger partial charge in [0.15, 0.2) is 0 Å². The molecule has 0 aliphatic carbocycles. The van der Waals surface area contributed by atoms with Gasteiger partial charge in [0.25, 0.3) is 0 Å². The fraction of sp³-hybridized carbons (Fsp3) is 0.562. The molecule has 1 rings (SSSR count). The van der Waals surface area contributed by atoms with Gasteiger partial charge in [0.2, 0.25) is 0 Å². The van der Waals surface area contributed by atoms with Crippen molar-refractivity contribution in [3.63, 3.8) is 0 Å². The fourth-order valence-corrected chi connectivity index (χ4v) is 2.14. The minimum absolute atomic E-state index is 0.420. The lowest BCUT2D eigenvalue weighted by Crippen LogP contribution is -2.07. The van der Waals surface area contributed by atoms with Gasteiger partial charge < -0.3 is 5.11 Å². The molecular formula is C16H24O2. The Labute approximate surface area is 110 Å². The van der Waals surface area contributed by atoms with Crippen LogP contribution in [0.3, 0.4) is 0 Å². The van der Waals surface area contributed by atoms with Gasteiger partial charge >= 0.3 is 5.97 Å². The normalized spacial score (nSPS) is 14.2. The SMILES string of the molecule is CCCCC(C)Cc1ccc(C(C)C(=O)O)cc1. The molecule has 18 heavy (non-hydrogen) atoms. The number of benzene rings is 1. The van der Waals surface area contributed by atoms with E-state index in [1.165, 1.54) is 24.8 Å². The summed E-state index contributed by atoms with van der Waals surface area (Å²) < 4.78 is 0. The minimum Gasteiger partial charge on any atom is -0.481 e. The van der Waals surface area contributed by atoms with E-state index in [4.69, 9.17) is 5.11 Å². The van der Waals surface area contributed by atoms with E-state index < -0.39 is 11.9 Å². The smallest absolute Gasteiger partial charge is 0.310 e. The topological polar surface area (TPSA) is 37.3 Å². The Bertz CT molecular complexity index is 367. The van der Waals surface area contributed by atoms with E-state index in [0.717, 1.165) is 12.0 Å². The number of hydrogen-bond donors (Lipinski definition) is 1. The van der Waals surface area contributed by atoms with Crippen LogP contribution in [0.5, 0.6) is 0 Å². The van der Waals surface area contributed by atoms with E-state index in [0.29, 0.717) is 5.92 Å². The number of carboxylic acids is 1. The van der Waals surface area contributed by atoms with Gasteiger partial charge in [-0.15, -0.1) is 0 Å². The van der Waals surface area contributed by atoms with Gasteiger partial charge in [-0.25, -0.2) is 0 Å². The van der Waals surface area contributed by atoms with Gasteiger partial charge in [-0.05, 0) is 30.4 Å². The third kappa shape index (κ3) is 4.52. The number of carbonyl (C=O) groups is 1. The van der Waals surface area contributed by atoms with Crippen molar-refractivity contribution in [3.8, 4) is 0 Å². The van der Waals surface area contributed by atoms with Crippen molar-refractivity contribution in [2.24, 2.45) is 5.92 Å². The van der Waals surface area contributed by atoms with Crippen LogP contribution in [0.2, 0.25) is 0 Å². The van der Waals surface area contributed by atoms with E-state index in [1.54, 1.807) is 6.92 Å². The molecule has 1 aromatic carbocycles. The Morgan fingerprint density at radius 2 is 1.83 bits per heavy atom. The summed E-state index contributed by atoms with van der Waals surface area (Å²) in [5.74, 6) is -0.483. The maximum atomic E-state index is 10.9. The fourth-order valence-electron chi connectivity index (χ4n) is 2.14. The number of carboxylic acid groups (broad SMARTS) is 1. The van der Waals surface area contributed by atoms with Crippen LogP contribution in [0, 0.1) is 5.92 Å². The predicted molar refractivity (Wildman–Crippen MR) is 74.9 cm³/mol. The molecule has 0 aliphatic heterocycles. The average molecular weight is 248 g/mol. The lowest BCUT2D eigenvalue weighted by Gasteiger charge is -2.12. The largest absolute Gasteiger partial charge is 0.481 e. The standard InChI is InChI=1S/C16H24O2/c1-4-5-6-12(2)11-14-7-9-15(10-8-14)13(3)16(17)18/h7-10,12-13H,4-6,11H2,1-3H3,(H,17,18). The van der Waals surface area contributed by atoms with Crippen LogP contribution in [0.25, 0.3) is 0 Å². The first kappa shape index (κ1) is 14.7. The summed E-state index contributed by atoms with van der Waals surface area (Å²) in [7, 11) is 0. The van der Waals surface area contributed by atoms with E-state index in [1.807, 2.05) is 12.1 Å². The van der Waals surface area contributed by atoms with E-state index >= 15 is 0 Å². The van der Waals surface area contributed by atoms with Gasteiger partial charge in [0.05, 0.1) is 5.92 Å². The van der Waals surface area contributed by atoms with Crippen molar-refractivity contribution in [3.05, 3.63) is 35.4 Å². The van der Waals surface area contributed by atoms with Gasteiger partial charge in [-0.1, -0.05) is 57.4 Å². The molecule has 0 bridgehead atoms. The highest BCUT2D eigenvalue weighted by Crippen LogP contribution is 2.19. The number of aliphatic carboxylic acids is 1. The molecule has 0 saturated heterocycles. The third-order valence-corrected chi connectivity index (χ3v) is 3.48. The molecule has 0 spiro atoms. The van der Waals surface area contributed by atoms with Gasteiger partial charge in [0, 0.05) is 0 Å². The van der Waals surface area contributed by atoms with Crippen LogP contribution in [0.15, 0.2) is 24.3 Å². The molecule has 100 valence electrons. The molecule has 0 fully saturated rings. The van der Waals surface area contributed by atoms with E-state index in [-0.39, 0.29) is 0 Å². The first-order valence-corrected chi connectivity index (χ1v) is 6.86. The summed E-state index contributed by atoms with van der Waals surface area (Å²) >= 11 is 0. The van der Waals surface area contributed by atoms with Crippen LogP contribution in [-0.2, 0) is 11.2 Å². The number of unbranched alkanes of at least 4 members (excludes halogenated alkanes) is 1. The molecule has 0 radical (unpaired) electrons. The van der Waals surface area contributed by atoms with Crippen LogP contribution in [0.4, 0.5) is 0 Å². The van der Waals surface area contributed by atoms with Crippen molar-refractivity contribution in [1.82, 2.24) is 0 Å². The average Bonchev–Trinajstić information content (AvgIpc) is 2.36. The molecule has 1 N–H and O–H groups in total. The molecule has 2 atom stereocenters. The van der Waals surface area contributed by atoms with Crippen molar-refractivity contribution < 1.29 is 9.90 Å². The van der Waals surface area contributed by atoms with Crippen molar-refractivity contribution in [1.29, 1.82) is 0 Å². The summed E-state index contributed by atoms with van der Waals surface area (Å²) in [5.41, 5.74) is 2.19. The summed E-state index contributed by atoms with van der Waals surface area (Å²) in [6.45, 7) is 6.22. The molecule has 2 heteroatoms. The van der Waals surface area contributed by atoms with Gasteiger partial charge in [-0.2, -0.15) is 0 Å². The minimum atomic E-state index is -0.765. The highest BCUT2D eigenvalue weighted by atomic mass is 16.4. The lowest BCUT2D eigenvalue weighted by atomic mass is 9.94. The van der Waals surface area contributed by atoms with Gasteiger partial charge in [0.1, 0.15) is 0 Å². The molecule has 0 heterocycles. The lowest BCUT2D eigenvalue weighted by molar-refractivity contribution is -0.138. The summed E-state index contributed by atoms with van der Waals surface area (Å²) in [6, 6.07) is 8.02. The molecule has 2 nitrogen and oxygen atoms in total. The highest BCUT2D eigenvalue weighted by Gasteiger charge is 2.13. The summed E-state index contributed by atoms with van der Waals surface area (Å²) in [6.07, 6.45) is 4.89. The molecule has 0 amide bonds. The molecule has 1 aromatic rings. The molecule has 0 saturated carbocycles.